The highest BCUT2D eigenvalue weighted by Gasteiger charge is 2.29. The molecular weight excluding hydrogens is 721 g/mol. The number of anilines is 4. The Hall–Kier alpha value is -6.14. The van der Waals surface area contributed by atoms with E-state index < -0.39 is 11.9 Å². The summed E-state index contributed by atoms with van der Waals surface area (Å²) in [4.78, 5) is 53.6. The van der Waals surface area contributed by atoms with Crippen molar-refractivity contribution in [3.8, 4) is 40.3 Å². The second-order valence-electron chi connectivity index (χ2n) is 12.2. The average molecular weight is 755 g/mol. The van der Waals surface area contributed by atoms with Crippen LogP contribution in [0.1, 0.15) is 73.7 Å². The summed E-state index contributed by atoms with van der Waals surface area (Å²) in [5, 5.41) is 17.3. The molecule has 53 heavy (non-hydrogen) atoms. The molecule has 0 saturated carbocycles. The van der Waals surface area contributed by atoms with E-state index >= 15 is 0 Å². The van der Waals surface area contributed by atoms with Crippen molar-refractivity contribution in [1.29, 1.82) is 0 Å². The minimum absolute atomic E-state index is 0.00309. The molecule has 6 rings (SSSR count). The standard InChI is InChI=1S/C35H34N10O6S2/c1-17(2)26-25(46)16-39-31(43-35-42-30(45-53-35)24-12-10-21(15-38-24)50-19(5)6)27(26)33(48)51-32(47)22-8-7-13-36-28(22)40-34-41-29(44-52-34)23-11-9-20(14-37-23)49-18(3)4/h7-19,46H,1-6H3,(H,36,40,41,44)(H,39,42,43,45). The molecule has 0 spiro atoms. The van der Waals surface area contributed by atoms with Crippen LogP contribution in [0, 0.1) is 0 Å². The van der Waals surface area contributed by atoms with Gasteiger partial charge in [-0.2, -0.15) is 18.7 Å². The van der Waals surface area contributed by atoms with Crippen molar-refractivity contribution in [2.45, 2.75) is 59.7 Å². The van der Waals surface area contributed by atoms with Crippen molar-refractivity contribution in [2.75, 3.05) is 10.6 Å². The molecule has 0 aliphatic carbocycles. The van der Waals surface area contributed by atoms with Gasteiger partial charge in [-0.05, 0) is 70.0 Å². The molecule has 0 saturated heterocycles. The van der Waals surface area contributed by atoms with Gasteiger partial charge in [0.15, 0.2) is 11.6 Å². The smallest absolute Gasteiger partial charge is 0.350 e. The van der Waals surface area contributed by atoms with E-state index in [1.54, 1.807) is 50.5 Å². The van der Waals surface area contributed by atoms with Crippen LogP contribution in [0.2, 0.25) is 0 Å². The molecule has 0 amide bonds. The molecule has 0 atom stereocenters. The number of aromatic nitrogens is 8. The quantitative estimate of drug-likeness (QED) is 0.0787. The summed E-state index contributed by atoms with van der Waals surface area (Å²) < 4.78 is 25.4. The molecule has 0 radical (unpaired) electrons. The van der Waals surface area contributed by atoms with Crippen molar-refractivity contribution in [3.05, 3.63) is 77.9 Å². The molecule has 6 aromatic heterocycles. The number of esters is 2. The number of rotatable bonds is 13. The fraction of sp³-hybridized carbons (Fsp3) is 0.257. The number of hydrogen-bond acceptors (Lipinski definition) is 18. The number of aromatic hydroxyl groups is 1. The van der Waals surface area contributed by atoms with Gasteiger partial charge in [0.05, 0.1) is 30.8 Å². The first kappa shape index (κ1) is 36.6. The normalized spacial score (nSPS) is 11.2. The van der Waals surface area contributed by atoms with Crippen LogP contribution in [0.25, 0.3) is 23.0 Å². The predicted molar refractivity (Wildman–Crippen MR) is 198 cm³/mol. The van der Waals surface area contributed by atoms with E-state index in [0.29, 0.717) is 39.7 Å². The largest absolute Gasteiger partial charge is 0.506 e. The van der Waals surface area contributed by atoms with E-state index in [0.717, 1.165) is 23.1 Å². The molecule has 18 heteroatoms. The van der Waals surface area contributed by atoms with Gasteiger partial charge in [-0.25, -0.2) is 29.5 Å². The van der Waals surface area contributed by atoms with Crippen molar-refractivity contribution in [3.63, 3.8) is 0 Å². The van der Waals surface area contributed by atoms with Crippen molar-refractivity contribution in [2.24, 2.45) is 0 Å². The summed E-state index contributed by atoms with van der Waals surface area (Å²) in [7, 11) is 0. The van der Waals surface area contributed by atoms with Crippen LogP contribution in [0.5, 0.6) is 17.2 Å². The number of hydrogen-bond donors (Lipinski definition) is 3. The summed E-state index contributed by atoms with van der Waals surface area (Å²) >= 11 is 2.04. The van der Waals surface area contributed by atoms with Gasteiger partial charge in [0.1, 0.15) is 51.4 Å². The first-order valence-corrected chi connectivity index (χ1v) is 17.9. The maximum atomic E-state index is 13.8. The number of carbonyl (C=O) groups is 2. The molecule has 0 aromatic carbocycles. The molecule has 3 N–H and O–H groups in total. The Labute approximate surface area is 312 Å². The van der Waals surface area contributed by atoms with Crippen LogP contribution in [0.15, 0.2) is 61.2 Å². The topological polar surface area (TPSA) is 209 Å². The van der Waals surface area contributed by atoms with Crippen LogP contribution < -0.4 is 20.1 Å². The fourth-order valence-corrected chi connectivity index (χ4v) is 6.08. The number of nitrogens with zero attached hydrogens (tertiary/aromatic N) is 8. The Bertz CT molecular complexity index is 2220. The Morgan fingerprint density at radius 3 is 1.77 bits per heavy atom. The summed E-state index contributed by atoms with van der Waals surface area (Å²) in [6.45, 7) is 11.2. The van der Waals surface area contributed by atoms with Gasteiger partial charge in [-0.1, -0.05) is 13.8 Å². The lowest BCUT2D eigenvalue weighted by atomic mass is 9.97. The third-order valence-corrected chi connectivity index (χ3v) is 8.33. The highest BCUT2D eigenvalue weighted by Crippen LogP contribution is 2.35. The van der Waals surface area contributed by atoms with Gasteiger partial charge in [-0.3, -0.25) is 0 Å². The van der Waals surface area contributed by atoms with Gasteiger partial charge < -0.3 is 30.0 Å². The van der Waals surface area contributed by atoms with E-state index in [9.17, 15) is 14.7 Å². The Morgan fingerprint density at radius 2 is 1.26 bits per heavy atom. The van der Waals surface area contributed by atoms with Crippen molar-refractivity contribution < 1.29 is 28.9 Å². The summed E-state index contributed by atoms with van der Waals surface area (Å²) in [5.74, 6) is -0.668. The number of nitrogens with one attached hydrogen (secondary N) is 2. The maximum Gasteiger partial charge on any atom is 0.350 e. The van der Waals surface area contributed by atoms with Crippen LogP contribution >= 0.6 is 23.1 Å². The third-order valence-electron chi connectivity index (χ3n) is 7.07. The summed E-state index contributed by atoms with van der Waals surface area (Å²) in [5.41, 5.74) is 1.05. The lowest BCUT2D eigenvalue weighted by Gasteiger charge is -2.17. The van der Waals surface area contributed by atoms with Gasteiger partial charge >= 0.3 is 11.9 Å². The average Bonchev–Trinajstić information content (AvgIpc) is 3.79. The van der Waals surface area contributed by atoms with E-state index in [2.05, 4.69) is 49.3 Å². The number of pyridine rings is 4. The number of carbonyl (C=O) groups excluding carboxylic acids is 2. The van der Waals surface area contributed by atoms with Crippen molar-refractivity contribution in [1.82, 2.24) is 38.7 Å². The highest BCUT2D eigenvalue weighted by atomic mass is 32.1. The maximum absolute atomic E-state index is 13.8. The molecule has 6 heterocycles. The predicted octanol–water partition coefficient (Wildman–Crippen LogP) is 7.19. The van der Waals surface area contributed by atoms with E-state index in [1.165, 1.54) is 24.5 Å². The molecule has 0 fully saturated rings. The molecular formula is C35H34N10O6S2. The molecule has 0 aliphatic heterocycles. The summed E-state index contributed by atoms with van der Waals surface area (Å²) in [6.07, 6.45) is 5.85. The Morgan fingerprint density at radius 1 is 0.698 bits per heavy atom. The fourth-order valence-electron chi connectivity index (χ4n) is 4.93. The lowest BCUT2D eigenvalue weighted by Crippen LogP contribution is -2.18. The molecule has 272 valence electrons. The van der Waals surface area contributed by atoms with Gasteiger partial charge in [-0.15, -0.1) is 0 Å². The zero-order valence-electron chi connectivity index (χ0n) is 29.4. The van der Waals surface area contributed by atoms with E-state index in [1.807, 2.05) is 27.7 Å². The van der Waals surface area contributed by atoms with Crippen LogP contribution in [0.4, 0.5) is 21.9 Å². The number of ether oxygens (including phenoxy) is 3. The van der Waals surface area contributed by atoms with Gasteiger partial charge in [0.2, 0.25) is 10.3 Å². The first-order chi connectivity index (χ1) is 25.4. The van der Waals surface area contributed by atoms with Crippen molar-refractivity contribution >= 4 is 56.9 Å². The SMILES string of the molecule is CC(C)Oc1ccc(-c2nsc(Nc3ncccc3C(=O)OC(=O)c3c(Nc4nc(-c5ccc(OC(C)C)cn5)ns4)ncc(O)c3C(C)C)n2)nc1. The van der Waals surface area contributed by atoms with E-state index in [4.69, 9.17) is 14.2 Å². The van der Waals surface area contributed by atoms with Crippen LogP contribution in [0.3, 0.4) is 0 Å². The molecule has 0 unspecified atom stereocenters. The third kappa shape index (κ3) is 8.85. The lowest BCUT2D eigenvalue weighted by molar-refractivity contribution is 0.0397. The second kappa shape index (κ2) is 16.0. The monoisotopic (exact) mass is 754 g/mol. The van der Waals surface area contributed by atoms with Crippen LogP contribution in [-0.4, -0.2) is 67.9 Å². The minimum atomic E-state index is -1.05. The Balaban J connectivity index is 1.20. The zero-order valence-corrected chi connectivity index (χ0v) is 31.0. The molecule has 0 bridgehead atoms. The Kier molecular flexibility index (Phi) is 11.1. The molecule has 6 aromatic rings. The van der Waals surface area contributed by atoms with E-state index in [-0.39, 0.29) is 57.3 Å². The first-order valence-electron chi connectivity index (χ1n) is 16.4. The minimum Gasteiger partial charge on any atom is -0.506 e. The zero-order chi connectivity index (χ0) is 37.6. The molecule has 0 aliphatic rings. The summed E-state index contributed by atoms with van der Waals surface area (Å²) in [6, 6.07) is 10.0. The van der Waals surface area contributed by atoms with Crippen LogP contribution in [-0.2, 0) is 4.74 Å². The van der Waals surface area contributed by atoms with Gasteiger partial charge in [0.25, 0.3) is 0 Å². The second-order valence-corrected chi connectivity index (χ2v) is 13.7. The van der Waals surface area contributed by atoms with Gasteiger partial charge in [0, 0.05) is 34.8 Å². The highest BCUT2D eigenvalue weighted by molar-refractivity contribution is 7.10. The molecule has 16 nitrogen and oxygen atoms in total.